The number of amides is 1. The van der Waals surface area contributed by atoms with Crippen LogP contribution < -0.4 is 10.9 Å². The molecule has 0 saturated carbocycles. The minimum atomic E-state index is -4.63. The standard InChI is InChI=1S/C16H16F3N3O4S/c1-8(2)26-14(25)13-9(3)20-15(27-13)21-11(23)7-22-6-10(16(17,18)19)4-5-12(22)24/h4-6,8H,7H2,1-3H3,(H,20,21,23). The Balaban J connectivity index is 2.13. The average molecular weight is 403 g/mol. The summed E-state index contributed by atoms with van der Waals surface area (Å²) in [5, 5.41) is 2.44. The third kappa shape index (κ3) is 5.39. The van der Waals surface area contributed by atoms with Crippen LogP contribution in [-0.2, 0) is 22.3 Å². The van der Waals surface area contributed by atoms with E-state index in [4.69, 9.17) is 4.74 Å². The van der Waals surface area contributed by atoms with Gasteiger partial charge in [0.15, 0.2) is 5.13 Å². The molecule has 2 heterocycles. The molecule has 2 aromatic heterocycles. The van der Waals surface area contributed by atoms with E-state index in [0.29, 0.717) is 22.5 Å². The highest BCUT2D eigenvalue weighted by Gasteiger charge is 2.31. The third-order valence-corrected chi connectivity index (χ3v) is 4.25. The van der Waals surface area contributed by atoms with Gasteiger partial charge in [-0.15, -0.1) is 0 Å². The van der Waals surface area contributed by atoms with E-state index in [2.05, 4.69) is 10.3 Å². The van der Waals surface area contributed by atoms with Crippen molar-refractivity contribution in [2.24, 2.45) is 0 Å². The Hall–Kier alpha value is -2.69. The van der Waals surface area contributed by atoms with Crippen molar-refractivity contribution in [1.29, 1.82) is 0 Å². The molecule has 146 valence electrons. The number of rotatable bonds is 5. The summed E-state index contributed by atoms with van der Waals surface area (Å²) < 4.78 is 43.9. The highest BCUT2D eigenvalue weighted by Crippen LogP contribution is 2.28. The van der Waals surface area contributed by atoms with Crippen LogP contribution in [0.2, 0.25) is 0 Å². The first-order chi connectivity index (χ1) is 12.5. The maximum absolute atomic E-state index is 12.7. The molecule has 2 aromatic rings. The number of nitrogens with one attached hydrogen (secondary N) is 1. The van der Waals surface area contributed by atoms with E-state index in [1.807, 2.05) is 0 Å². The molecule has 0 bridgehead atoms. The Morgan fingerprint density at radius 1 is 1.33 bits per heavy atom. The molecule has 27 heavy (non-hydrogen) atoms. The van der Waals surface area contributed by atoms with Crippen LogP contribution in [0.3, 0.4) is 0 Å². The molecule has 0 atom stereocenters. The first kappa shape index (κ1) is 20.6. The van der Waals surface area contributed by atoms with Gasteiger partial charge in [0.2, 0.25) is 5.91 Å². The maximum atomic E-state index is 12.7. The SMILES string of the molecule is Cc1nc(NC(=O)Cn2cc(C(F)(F)F)ccc2=O)sc1C(=O)OC(C)C. The zero-order chi connectivity index (χ0) is 20.4. The molecule has 0 aromatic carbocycles. The normalized spacial score (nSPS) is 11.5. The quantitative estimate of drug-likeness (QED) is 0.776. The summed E-state index contributed by atoms with van der Waals surface area (Å²) in [6, 6.07) is 1.39. The molecule has 0 aliphatic heterocycles. The number of aryl methyl sites for hydroxylation is 1. The minimum Gasteiger partial charge on any atom is -0.459 e. The third-order valence-electron chi connectivity index (χ3n) is 3.20. The number of thiazole rings is 1. The highest BCUT2D eigenvalue weighted by molar-refractivity contribution is 7.17. The molecular weight excluding hydrogens is 387 g/mol. The molecular formula is C16H16F3N3O4S. The Kier molecular flexibility index (Phi) is 6.04. The van der Waals surface area contributed by atoms with Crippen molar-refractivity contribution in [3.05, 3.63) is 44.8 Å². The van der Waals surface area contributed by atoms with Gasteiger partial charge in [-0.1, -0.05) is 11.3 Å². The summed E-state index contributed by atoms with van der Waals surface area (Å²) in [6.07, 6.45) is -4.39. The van der Waals surface area contributed by atoms with E-state index in [0.717, 1.165) is 17.4 Å². The predicted molar refractivity (Wildman–Crippen MR) is 91.7 cm³/mol. The van der Waals surface area contributed by atoms with Crippen molar-refractivity contribution in [2.75, 3.05) is 5.32 Å². The van der Waals surface area contributed by atoms with Gasteiger partial charge in [-0.05, 0) is 26.8 Å². The number of nitrogens with zero attached hydrogens (tertiary/aromatic N) is 2. The molecule has 0 radical (unpaired) electrons. The average Bonchev–Trinajstić information content (AvgIpc) is 2.88. The fraction of sp³-hybridized carbons (Fsp3) is 0.375. The minimum absolute atomic E-state index is 0.0771. The fourth-order valence-corrected chi connectivity index (χ4v) is 2.91. The topological polar surface area (TPSA) is 90.3 Å². The zero-order valence-electron chi connectivity index (χ0n) is 14.6. The number of pyridine rings is 1. The van der Waals surface area contributed by atoms with Crippen molar-refractivity contribution in [3.8, 4) is 0 Å². The molecule has 0 fully saturated rings. The molecule has 7 nitrogen and oxygen atoms in total. The molecule has 0 spiro atoms. The van der Waals surface area contributed by atoms with Crippen LogP contribution in [0.4, 0.5) is 18.3 Å². The maximum Gasteiger partial charge on any atom is 0.417 e. The Bertz CT molecular complexity index is 918. The molecule has 2 rings (SSSR count). The van der Waals surface area contributed by atoms with E-state index in [-0.39, 0.29) is 16.1 Å². The number of hydrogen-bond acceptors (Lipinski definition) is 6. The Morgan fingerprint density at radius 2 is 2.00 bits per heavy atom. The highest BCUT2D eigenvalue weighted by atomic mass is 32.1. The van der Waals surface area contributed by atoms with Gasteiger partial charge in [-0.25, -0.2) is 9.78 Å². The summed E-state index contributed by atoms with van der Waals surface area (Å²) in [6.45, 7) is 4.29. The number of carbonyl (C=O) groups excluding carboxylic acids is 2. The monoisotopic (exact) mass is 403 g/mol. The summed E-state index contributed by atoms with van der Waals surface area (Å²) in [4.78, 5) is 39.9. The number of hydrogen-bond donors (Lipinski definition) is 1. The number of carbonyl (C=O) groups is 2. The van der Waals surface area contributed by atoms with E-state index >= 15 is 0 Å². The van der Waals surface area contributed by atoms with Gasteiger partial charge in [0.25, 0.3) is 5.56 Å². The predicted octanol–water partition coefficient (Wildman–Crippen LogP) is 2.84. The Morgan fingerprint density at radius 3 is 2.59 bits per heavy atom. The van der Waals surface area contributed by atoms with Crippen molar-refractivity contribution in [1.82, 2.24) is 9.55 Å². The van der Waals surface area contributed by atoms with Gasteiger partial charge >= 0.3 is 12.1 Å². The molecule has 0 saturated heterocycles. The summed E-state index contributed by atoms with van der Waals surface area (Å²) in [7, 11) is 0. The number of ether oxygens (including phenoxy) is 1. The second-order valence-corrected chi connectivity index (χ2v) is 6.82. The lowest BCUT2D eigenvalue weighted by Crippen LogP contribution is -2.28. The molecule has 1 amide bonds. The van der Waals surface area contributed by atoms with Crippen LogP contribution in [0.25, 0.3) is 0 Å². The number of aromatic nitrogens is 2. The summed E-state index contributed by atoms with van der Waals surface area (Å²) in [5.74, 6) is -1.34. The lowest BCUT2D eigenvalue weighted by Gasteiger charge is -2.10. The van der Waals surface area contributed by atoms with Gasteiger partial charge in [-0.2, -0.15) is 13.2 Å². The fourth-order valence-electron chi connectivity index (χ4n) is 2.04. The van der Waals surface area contributed by atoms with Crippen molar-refractivity contribution < 1.29 is 27.5 Å². The number of esters is 1. The smallest absolute Gasteiger partial charge is 0.417 e. The number of anilines is 1. The largest absolute Gasteiger partial charge is 0.459 e. The molecule has 0 unspecified atom stereocenters. The number of halogens is 3. The van der Waals surface area contributed by atoms with Crippen molar-refractivity contribution >= 4 is 28.3 Å². The molecule has 0 aliphatic rings. The van der Waals surface area contributed by atoms with Crippen LogP contribution in [0.1, 0.15) is 34.8 Å². The van der Waals surface area contributed by atoms with E-state index in [1.54, 1.807) is 20.8 Å². The number of alkyl halides is 3. The van der Waals surface area contributed by atoms with Gasteiger partial charge in [0.05, 0.1) is 17.4 Å². The van der Waals surface area contributed by atoms with Gasteiger partial charge in [0.1, 0.15) is 11.4 Å². The molecule has 0 aliphatic carbocycles. The summed E-state index contributed by atoms with van der Waals surface area (Å²) in [5.41, 5.74) is -1.45. The summed E-state index contributed by atoms with van der Waals surface area (Å²) >= 11 is 0.875. The van der Waals surface area contributed by atoms with Crippen LogP contribution in [0.5, 0.6) is 0 Å². The van der Waals surface area contributed by atoms with Crippen LogP contribution >= 0.6 is 11.3 Å². The lowest BCUT2D eigenvalue weighted by molar-refractivity contribution is -0.138. The van der Waals surface area contributed by atoms with Gasteiger partial charge in [-0.3, -0.25) is 9.59 Å². The molecule has 1 N–H and O–H groups in total. The molecule has 11 heteroatoms. The zero-order valence-corrected chi connectivity index (χ0v) is 15.4. The van der Waals surface area contributed by atoms with Crippen molar-refractivity contribution in [2.45, 2.75) is 39.6 Å². The first-order valence-electron chi connectivity index (χ1n) is 7.73. The van der Waals surface area contributed by atoms with E-state index in [9.17, 15) is 27.6 Å². The Labute approximate surface area is 155 Å². The van der Waals surface area contributed by atoms with Crippen LogP contribution in [0, 0.1) is 6.92 Å². The lowest BCUT2D eigenvalue weighted by atomic mass is 10.3. The first-order valence-corrected chi connectivity index (χ1v) is 8.55. The van der Waals surface area contributed by atoms with Crippen molar-refractivity contribution in [3.63, 3.8) is 0 Å². The van der Waals surface area contributed by atoms with E-state index < -0.39 is 35.7 Å². The second-order valence-electron chi connectivity index (χ2n) is 5.82. The van der Waals surface area contributed by atoms with E-state index in [1.165, 1.54) is 0 Å². The van der Waals surface area contributed by atoms with Gasteiger partial charge in [0, 0.05) is 12.3 Å². The van der Waals surface area contributed by atoms with Crippen LogP contribution in [0.15, 0.2) is 23.1 Å². The van der Waals surface area contributed by atoms with Gasteiger partial charge < -0.3 is 14.6 Å². The second kappa shape index (κ2) is 7.91. The van der Waals surface area contributed by atoms with Crippen LogP contribution in [-0.4, -0.2) is 27.5 Å².